The number of ether oxygens (including phenoxy) is 2. The highest BCUT2D eigenvalue weighted by atomic mass is 32.2. The van der Waals surface area contributed by atoms with Gasteiger partial charge >= 0.3 is 0 Å². The zero-order valence-corrected chi connectivity index (χ0v) is 25.1. The van der Waals surface area contributed by atoms with E-state index < -0.39 is 0 Å². The maximum absolute atomic E-state index is 6.19. The number of unbranched alkanes of at least 4 members (excludes halogenated alkanes) is 1. The Hall–Kier alpha value is -2.75. The van der Waals surface area contributed by atoms with E-state index in [-0.39, 0.29) is 0 Å². The van der Waals surface area contributed by atoms with Crippen LogP contribution < -0.4 is 19.7 Å². The zero-order valence-electron chi connectivity index (χ0n) is 24.3. The van der Waals surface area contributed by atoms with Gasteiger partial charge in [-0.2, -0.15) is 16.7 Å². The molecule has 8 nitrogen and oxygen atoms in total. The van der Waals surface area contributed by atoms with Crippen LogP contribution in [-0.2, 0) is 6.54 Å². The number of hydrogen-bond acceptors (Lipinski definition) is 9. The number of piperazine rings is 1. The molecule has 2 aliphatic heterocycles. The van der Waals surface area contributed by atoms with Crippen molar-refractivity contribution in [2.45, 2.75) is 38.3 Å². The van der Waals surface area contributed by atoms with Crippen LogP contribution in [0.4, 0.5) is 11.8 Å². The molecule has 2 fully saturated rings. The zero-order chi connectivity index (χ0) is 27.7. The smallest absolute Gasteiger partial charge is 0.227 e. The Balaban J connectivity index is 1.35. The molecule has 1 aromatic heterocycles. The number of anilines is 2. The van der Waals surface area contributed by atoms with Crippen LogP contribution in [0.5, 0.6) is 11.5 Å². The summed E-state index contributed by atoms with van der Waals surface area (Å²) < 4.78 is 12.0. The fourth-order valence-corrected chi connectivity index (χ4v) is 5.95. The minimum Gasteiger partial charge on any atom is -0.493 e. The van der Waals surface area contributed by atoms with Crippen molar-refractivity contribution in [2.75, 3.05) is 82.3 Å². The molecule has 1 N–H and O–H groups in total. The highest BCUT2D eigenvalue weighted by molar-refractivity contribution is 7.98. The van der Waals surface area contributed by atoms with Crippen LogP contribution >= 0.6 is 11.8 Å². The highest BCUT2D eigenvalue weighted by Crippen LogP contribution is 2.36. The Morgan fingerprint density at radius 3 is 2.45 bits per heavy atom. The molecule has 0 spiro atoms. The maximum atomic E-state index is 6.19. The quantitative estimate of drug-likeness (QED) is 0.307. The first kappa shape index (κ1) is 28.8. The molecule has 40 heavy (non-hydrogen) atoms. The first-order chi connectivity index (χ1) is 19.6. The van der Waals surface area contributed by atoms with Crippen LogP contribution in [0, 0.1) is 0 Å². The molecular weight excluding hydrogens is 520 g/mol. The number of benzene rings is 2. The number of likely N-dealkylation sites (N-methyl/N-ethyl adjacent to an activating group) is 1. The van der Waals surface area contributed by atoms with Crippen molar-refractivity contribution in [1.29, 1.82) is 0 Å². The van der Waals surface area contributed by atoms with E-state index in [1.807, 2.05) is 23.9 Å². The summed E-state index contributed by atoms with van der Waals surface area (Å²) in [5, 5.41) is 4.80. The minimum absolute atomic E-state index is 0.365. The second kappa shape index (κ2) is 14.2. The third-order valence-electron chi connectivity index (χ3n) is 7.93. The Bertz CT molecular complexity index is 1210. The van der Waals surface area contributed by atoms with Crippen molar-refractivity contribution in [2.24, 2.45) is 0 Å². The van der Waals surface area contributed by atoms with Gasteiger partial charge in [-0.1, -0.05) is 30.3 Å². The molecule has 0 atom stereocenters. The monoisotopic (exact) mass is 564 g/mol. The fraction of sp³-hybridized carbons (Fsp3) is 0.548. The van der Waals surface area contributed by atoms with Crippen LogP contribution in [0.25, 0.3) is 10.9 Å². The lowest BCUT2D eigenvalue weighted by atomic mass is 10.0. The van der Waals surface area contributed by atoms with Gasteiger partial charge in [0.25, 0.3) is 0 Å². The molecule has 0 radical (unpaired) electrons. The summed E-state index contributed by atoms with van der Waals surface area (Å²) in [6.07, 6.45) is 6.47. The van der Waals surface area contributed by atoms with E-state index in [4.69, 9.17) is 19.4 Å². The van der Waals surface area contributed by atoms with E-state index >= 15 is 0 Å². The number of aromatic nitrogens is 2. The van der Waals surface area contributed by atoms with Crippen LogP contribution in [0.1, 0.15) is 31.2 Å². The number of fused-ring (bicyclic) bond motifs is 1. The number of thioether (sulfide) groups is 1. The van der Waals surface area contributed by atoms with Gasteiger partial charge < -0.3 is 24.6 Å². The number of hydrogen-bond donors (Lipinski definition) is 1. The second-order valence-corrected chi connectivity index (χ2v) is 11.9. The first-order valence-corrected chi connectivity index (χ1v) is 16.0. The molecule has 2 aliphatic rings. The van der Waals surface area contributed by atoms with Gasteiger partial charge in [0, 0.05) is 63.3 Å². The van der Waals surface area contributed by atoms with Crippen LogP contribution in [0.3, 0.4) is 0 Å². The third-order valence-corrected chi connectivity index (χ3v) is 8.63. The molecule has 0 saturated carbocycles. The van der Waals surface area contributed by atoms with Crippen molar-refractivity contribution < 1.29 is 9.47 Å². The van der Waals surface area contributed by atoms with Crippen molar-refractivity contribution >= 4 is 34.4 Å². The molecule has 0 amide bonds. The van der Waals surface area contributed by atoms with Gasteiger partial charge in [0.15, 0.2) is 11.5 Å². The summed E-state index contributed by atoms with van der Waals surface area (Å²) in [6, 6.07) is 15.2. The summed E-state index contributed by atoms with van der Waals surface area (Å²) in [7, 11) is 3.88. The van der Waals surface area contributed by atoms with Crippen molar-refractivity contribution in [1.82, 2.24) is 19.8 Å². The average Bonchev–Trinajstić information content (AvgIpc) is 2.98. The standard InChI is InChI=1S/C31H44N6O2S/c1-35-15-17-37(18-16-35)31-33-27-22-29(39-19-7-8-20-40-3)28(38-2)21-26(27)30(34-31)32-25-11-13-36(14-12-25)23-24-9-5-4-6-10-24/h4-6,9-10,21-22,25H,7-8,11-20,23H2,1-3H3,(H,32,33,34). The maximum Gasteiger partial charge on any atom is 0.227 e. The fourth-order valence-electron chi connectivity index (χ4n) is 5.46. The van der Waals surface area contributed by atoms with Gasteiger partial charge in [0.05, 0.1) is 19.2 Å². The largest absolute Gasteiger partial charge is 0.493 e. The average molecular weight is 565 g/mol. The molecule has 3 aromatic rings. The number of nitrogens with zero attached hydrogens (tertiary/aromatic N) is 5. The van der Waals surface area contributed by atoms with Crippen molar-refractivity contribution in [3.63, 3.8) is 0 Å². The van der Waals surface area contributed by atoms with E-state index in [2.05, 4.69) is 63.7 Å². The number of likely N-dealkylation sites (tertiary alicyclic amines) is 1. The van der Waals surface area contributed by atoms with Gasteiger partial charge in [-0.3, -0.25) is 4.90 Å². The minimum atomic E-state index is 0.365. The lowest BCUT2D eigenvalue weighted by molar-refractivity contribution is 0.211. The molecule has 0 aliphatic carbocycles. The molecular formula is C31H44N6O2S. The Labute approximate surface area is 243 Å². The lowest BCUT2D eigenvalue weighted by Crippen LogP contribution is -2.45. The Kier molecular flexibility index (Phi) is 10.2. The topological polar surface area (TPSA) is 66.0 Å². The summed E-state index contributed by atoms with van der Waals surface area (Å²) in [4.78, 5) is 17.4. The van der Waals surface area contributed by atoms with E-state index in [0.717, 1.165) is 111 Å². The molecule has 216 valence electrons. The summed E-state index contributed by atoms with van der Waals surface area (Å²) in [5.41, 5.74) is 2.27. The van der Waals surface area contributed by atoms with Gasteiger partial charge in [-0.15, -0.1) is 0 Å². The number of nitrogens with one attached hydrogen (secondary N) is 1. The number of methoxy groups -OCH3 is 1. The van der Waals surface area contributed by atoms with Gasteiger partial charge in [-0.25, -0.2) is 4.98 Å². The van der Waals surface area contributed by atoms with Crippen LogP contribution in [0.15, 0.2) is 42.5 Å². The molecule has 2 saturated heterocycles. The van der Waals surface area contributed by atoms with E-state index in [1.165, 1.54) is 5.56 Å². The second-order valence-electron chi connectivity index (χ2n) is 10.9. The molecule has 0 bridgehead atoms. The number of piperidine rings is 1. The van der Waals surface area contributed by atoms with Gasteiger partial charge in [0.1, 0.15) is 5.82 Å². The molecule has 2 aromatic carbocycles. The number of rotatable bonds is 12. The molecule has 3 heterocycles. The lowest BCUT2D eigenvalue weighted by Gasteiger charge is -2.34. The molecule has 0 unspecified atom stereocenters. The highest BCUT2D eigenvalue weighted by Gasteiger charge is 2.24. The summed E-state index contributed by atoms with van der Waals surface area (Å²) in [6.45, 7) is 7.69. The Morgan fingerprint density at radius 2 is 1.73 bits per heavy atom. The van der Waals surface area contributed by atoms with Crippen LogP contribution in [-0.4, -0.2) is 97.9 Å². The van der Waals surface area contributed by atoms with E-state index in [9.17, 15) is 0 Å². The molecule has 5 rings (SSSR count). The normalized spacial score (nSPS) is 17.3. The van der Waals surface area contributed by atoms with Crippen molar-refractivity contribution in [3.8, 4) is 11.5 Å². The van der Waals surface area contributed by atoms with Gasteiger partial charge in [-0.05, 0) is 56.4 Å². The van der Waals surface area contributed by atoms with Crippen molar-refractivity contribution in [3.05, 3.63) is 48.0 Å². The van der Waals surface area contributed by atoms with Gasteiger partial charge in [0.2, 0.25) is 5.95 Å². The Morgan fingerprint density at radius 1 is 0.950 bits per heavy atom. The molecule has 9 heteroatoms. The van der Waals surface area contributed by atoms with E-state index in [0.29, 0.717) is 12.6 Å². The predicted octanol–water partition coefficient (Wildman–Crippen LogP) is 4.99. The predicted molar refractivity (Wildman–Crippen MR) is 167 cm³/mol. The first-order valence-electron chi connectivity index (χ1n) is 14.6. The third kappa shape index (κ3) is 7.50. The van der Waals surface area contributed by atoms with Crippen LogP contribution in [0.2, 0.25) is 0 Å². The van der Waals surface area contributed by atoms with E-state index in [1.54, 1.807) is 7.11 Å². The summed E-state index contributed by atoms with van der Waals surface area (Å²) in [5.74, 6) is 4.32. The summed E-state index contributed by atoms with van der Waals surface area (Å²) >= 11 is 1.87. The SMILES string of the molecule is COc1cc2c(NC3CCN(Cc4ccccc4)CC3)nc(N3CCN(C)CC3)nc2cc1OCCCCSC.